The van der Waals surface area contributed by atoms with Crippen LogP contribution in [0.2, 0.25) is 0 Å². The molecule has 4 nitrogen and oxygen atoms in total. The maximum absolute atomic E-state index is 13.3. The minimum atomic E-state index is 0.0501. The van der Waals surface area contributed by atoms with E-state index in [0.29, 0.717) is 0 Å². The number of aromatic nitrogens is 2. The molecular weight excluding hydrogens is 322 g/mol. The highest BCUT2D eigenvalue weighted by atomic mass is 16.2. The van der Waals surface area contributed by atoms with Gasteiger partial charge in [0.1, 0.15) is 5.65 Å². The van der Waals surface area contributed by atoms with E-state index in [1.807, 2.05) is 11.0 Å². The van der Waals surface area contributed by atoms with Gasteiger partial charge in [0.2, 0.25) is 5.91 Å². The van der Waals surface area contributed by atoms with Crippen molar-refractivity contribution < 1.29 is 4.79 Å². The summed E-state index contributed by atoms with van der Waals surface area (Å²) in [5.74, 6) is 0.333. The van der Waals surface area contributed by atoms with E-state index in [-0.39, 0.29) is 11.8 Å². The molecule has 3 aromatic rings. The van der Waals surface area contributed by atoms with Crippen molar-refractivity contribution in [3.63, 3.8) is 0 Å². The normalized spacial score (nSPS) is 19.3. The number of hydrogen-bond donors (Lipinski definition) is 0. The second-order valence-corrected chi connectivity index (χ2v) is 7.60. The molecule has 0 saturated heterocycles. The molecule has 0 saturated carbocycles. The van der Waals surface area contributed by atoms with Crippen LogP contribution in [0.3, 0.4) is 0 Å². The summed E-state index contributed by atoms with van der Waals surface area (Å²) in [6.45, 7) is 2.94. The molecule has 0 N–H and O–H groups in total. The topological polar surface area (TPSA) is 37.6 Å². The van der Waals surface area contributed by atoms with Crippen LogP contribution in [-0.2, 0) is 24.1 Å². The number of rotatable bonds is 1. The van der Waals surface area contributed by atoms with E-state index in [0.717, 1.165) is 50.0 Å². The Morgan fingerprint density at radius 3 is 2.96 bits per heavy atom. The summed E-state index contributed by atoms with van der Waals surface area (Å²) >= 11 is 0. The van der Waals surface area contributed by atoms with Crippen LogP contribution in [0.4, 0.5) is 5.69 Å². The quantitative estimate of drug-likeness (QED) is 0.674. The Bertz CT molecular complexity index is 1000. The lowest BCUT2D eigenvalue weighted by Gasteiger charge is -2.33. The molecule has 1 amide bonds. The van der Waals surface area contributed by atoms with E-state index < -0.39 is 0 Å². The zero-order valence-corrected chi connectivity index (χ0v) is 15.1. The molecule has 1 aliphatic heterocycles. The largest absolute Gasteiger partial charge is 0.312 e. The van der Waals surface area contributed by atoms with Crippen LogP contribution in [0, 0.1) is 12.8 Å². The fourth-order valence-electron chi connectivity index (χ4n) is 4.50. The summed E-state index contributed by atoms with van der Waals surface area (Å²) in [5, 5.41) is 0. The van der Waals surface area contributed by atoms with Crippen molar-refractivity contribution in [2.24, 2.45) is 5.92 Å². The van der Waals surface area contributed by atoms with Crippen molar-refractivity contribution in [3.8, 4) is 0 Å². The van der Waals surface area contributed by atoms with Crippen LogP contribution in [0.25, 0.3) is 5.65 Å². The average Bonchev–Trinajstić information content (AvgIpc) is 3.04. The van der Waals surface area contributed by atoms with Crippen LogP contribution in [0.15, 0.2) is 42.6 Å². The first-order valence-corrected chi connectivity index (χ1v) is 9.56. The molecule has 5 rings (SSSR count). The highest BCUT2D eigenvalue weighted by molar-refractivity contribution is 5.96. The number of para-hydroxylation sites is 1. The van der Waals surface area contributed by atoms with Crippen LogP contribution in [-0.4, -0.2) is 21.8 Å². The van der Waals surface area contributed by atoms with Crippen LogP contribution in [0.1, 0.15) is 35.4 Å². The number of hydrogen-bond acceptors (Lipinski definition) is 2. The van der Waals surface area contributed by atoms with Crippen LogP contribution >= 0.6 is 0 Å². The summed E-state index contributed by atoms with van der Waals surface area (Å²) in [4.78, 5) is 20.2. The van der Waals surface area contributed by atoms with E-state index in [4.69, 9.17) is 4.98 Å². The number of pyridine rings is 1. The van der Waals surface area contributed by atoms with Crippen molar-refractivity contribution in [2.45, 2.75) is 39.0 Å². The third-order valence-electron chi connectivity index (χ3n) is 5.84. The second-order valence-electron chi connectivity index (χ2n) is 7.60. The van der Waals surface area contributed by atoms with E-state index >= 15 is 0 Å². The maximum Gasteiger partial charge on any atom is 0.230 e. The van der Waals surface area contributed by atoms with Crippen molar-refractivity contribution in [1.29, 1.82) is 0 Å². The van der Waals surface area contributed by atoms with Gasteiger partial charge in [0, 0.05) is 36.5 Å². The molecule has 132 valence electrons. The van der Waals surface area contributed by atoms with Gasteiger partial charge in [-0.2, -0.15) is 0 Å². The summed E-state index contributed by atoms with van der Waals surface area (Å²) in [6.07, 6.45) is 6.84. The molecular formula is C22H23N3O. The van der Waals surface area contributed by atoms with Crippen LogP contribution in [0.5, 0.6) is 0 Å². The highest BCUT2D eigenvalue weighted by Crippen LogP contribution is 2.32. The van der Waals surface area contributed by atoms with Gasteiger partial charge in [0.05, 0.1) is 5.69 Å². The first kappa shape index (κ1) is 15.6. The Morgan fingerprint density at radius 2 is 2.04 bits per heavy atom. The van der Waals surface area contributed by atoms with Gasteiger partial charge in [-0.3, -0.25) is 4.79 Å². The lowest BCUT2D eigenvalue weighted by Crippen LogP contribution is -2.41. The van der Waals surface area contributed by atoms with Gasteiger partial charge in [0.15, 0.2) is 0 Å². The van der Waals surface area contributed by atoms with Gasteiger partial charge in [-0.25, -0.2) is 4.98 Å². The Kier molecular flexibility index (Phi) is 3.59. The zero-order valence-electron chi connectivity index (χ0n) is 15.1. The number of anilines is 1. The Hall–Kier alpha value is -2.62. The minimum absolute atomic E-state index is 0.0501. The molecule has 1 atom stereocenters. The van der Waals surface area contributed by atoms with Gasteiger partial charge in [0.25, 0.3) is 0 Å². The summed E-state index contributed by atoms with van der Waals surface area (Å²) in [7, 11) is 0. The van der Waals surface area contributed by atoms with E-state index in [9.17, 15) is 4.79 Å². The van der Waals surface area contributed by atoms with Crippen molar-refractivity contribution in [3.05, 3.63) is 65.1 Å². The fraction of sp³-hybridized carbons (Fsp3) is 0.364. The van der Waals surface area contributed by atoms with Crippen LogP contribution < -0.4 is 4.90 Å². The molecule has 2 aliphatic rings. The zero-order chi connectivity index (χ0) is 17.7. The minimum Gasteiger partial charge on any atom is -0.312 e. The molecule has 0 bridgehead atoms. The number of benzene rings is 1. The molecule has 0 fully saturated rings. The Balaban J connectivity index is 1.47. The molecule has 4 heteroatoms. The number of aryl methyl sites for hydroxylation is 3. The standard InChI is InChI=1S/C22H23N3O/c1-15-8-11-21-23-18-10-9-17(13-20(18)25(21)14-15)22(26)24-12-4-6-16-5-2-3-7-19(16)24/h2-3,5,7-8,11,14,17H,4,6,9-10,12-13H2,1H3. The van der Waals surface area contributed by atoms with Gasteiger partial charge < -0.3 is 9.30 Å². The van der Waals surface area contributed by atoms with E-state index in [2.05, 4.69) is 47.9 Å². The lowest BCUT2D eigenvalue weighted by atomic mass is 9.87. The van der Waals surface area contributed by atoms with Gasteiger partial charge in [-0.1, -0.05) is 24.3 Å². The van der Waals surface area contributed by atoms with Gasteiger partial charge >= 0.3 is 0 Å². The lowest BCUT2D eigenvalue weighted by molar-refractivity contribution is -0.122. The SMILES string of the molecule is Cc1ccc2nc3c(n2c1)CC(C(=O)N1CCCc2ccccc21)CC3. The Labute approximate surface area is 153 Å². The van der Waals surface area contributed by atoms with Crippen molar-refractivity contribution in [1.82, 2.24) is 9.38 Å². The number of carbonyl (C=O) groups excluding carboxylic acids is 1. The third-order valence-corrected chi connectivity index (χ3v) is 5.84. The monoisotopic (exact) mass is 345 g/mol. The van der Waals surface area contributed by atoms with E-state index in [1.54, 1.807) is 0 Å². The number of nitrogens with zero attached hydrogens (tertiary/aromatic N) is 3. The molecule has 1 aromatic carbocycles. The number of amides is 1. The summed E-state index contributed by atoms with van der Waals surface area (Å²) in [6, 6.07) is 12.5. The summed E-state index contributed by atoms with van der Waals surface area (Å²) < 4.78 is 2.19. The predicted molar refractivity (Wildman–Crippen MR) is 103 cm³/mol. The molecule has 1 unspecified atom stereocenters. The highest BCUT2D eigenvalue weighted by Gasteiger charge is 2.33. The predicted octanol–water partition coefficient (Wildman–Crippen LogP) is 3.73. The smallest absolute Gasteiger partial charge is 0.230 e. The summed E-state index contributed by atoms with van der Waals surface area (Å²) in [5.41, 5.74) is 7.02. The maximum atomic E-state index is 13.3. The number of carbonyl (C=O) groups is 1. The molecule has 26 heavy (non-hydrogen) atoms. The molecule has 1 aliphatic carbocycles. The Morgan fingerprint density at radius 1 is 1.15 bits per heavy atom. The molecule has 3 heterocycles. The molecule has 2 aromatic heterocycles. The third kappa shape index (κ3) is 2.44. The van der Waals surface area contributed by atoms with Crippen molar-refractivity contribution >= 4 is 17.2 Å². The number of imidazole rings is 1. The first-order chi connectivity index (χ1) is 12.7. The molecule has 0 radical (unpaired) electrons. The van der Waals surface area contributed by atoms with Gasteiger partial charge in [-0.15, -0.1) is 0 Å². The van der Waals surface area contributed by atoms with E-state index in [1.165, 1.54) is 22.5 Å². The first-order valence-electron chi connectivity index (χ1n) is 9.56. The molecule has 0 spiro atoms. The average molecular weight is 345 g/mol. The van der Waals surface area contributed by atoms with Gasteiger partial charge in [-0.05, 0) is 55.9 Å². The second kappa shape index (κ2) is 5.97. The fourth-order valence-corrected chi connectivity index (χ4v) is 4.50. The number of fused-ring (bicyclic) bond motifs is 4. The van der Waals surface area contributed by atoms with Crippen molar-refractivity contribution in [2.75, 3.05) is 11.4 Å².